The molecule has 0 aromatic carbocycles. The number of hydrogen-bond acceptors (Lipinski definition) is 10. The van der Waals surface area contributed by atoms with Crippen LogP contribution in [0.3, 0.4) is 0 Å². The first-order valence-corrected chi connectivity index (χ1v) is 13.4. The van der Waals surface area contributed by atoms with Crippen molar-refractivity contribution in [3.8, 4) is 0 Å². The minimum absolute atomic E-state index is 0.0470. The second-order valence-electron chi connectivity index (χ2n) is 11.7. The number of ether oxygens (including phenoxy) is 1. The van der Waals surface area contributed by atoms with Gasteiger partial charge in [-0.05, 0) is 51.0 Å². The number of unbranched alkanes of at least 4 members (excludes halogenated alkanes) is 2. The van der Waals surface area contributed by atoms with Gasteiger partial charge in [-0.25, -0.2) is 4.39 Å². The van der Waals surface area contributed by atoms with Gasteiger partial charge >= 0.3 is 5.97 Å². The molecule has 2 saturated carbocycles. The van der Waals surface area contributed by atoms with Crippen LogP contribution in [0.5, 0.6) is 0 Å². The minimum Gasteiger partial charge on any atom is -0.447 e. The molecule has 0 radical (unpaired) electrons. The maximum Gasteiger partial charge on any atom is 0.306 e. The molecular formula is C27H36FNO10. The molecule has 0 heterocycles. The molecule has 4 aliphatic rings. The fourth-order valence-corrected chi connectivity index (χ4v) is 7.90. The molecular weight excluding hydrogens is 517 g/mol. The molecule has 2 fully saturated rings. The lowest BCUT2D eigenvalue weighted by molar-refractivity contribution is -0.757. The van der Waals surface area contributed by atoms with Crippen molar-refractivity contribution in [3.63, 3.8) is 0 Å². The summed E-state index contributed by atoms with van der Waals surface area (Å²) in [5, 5.41) is 42.0. The zero-order chi connectivity index (χ0) is 28.8. The first-order chi connectivity index (χ1) is 18.3. The van der Waals surface area contributed by atoms with Gasteiger partial charge in [-0.1, -0.05) is 31.1 Å². The number of ketones is 2. The number of halogens is 1. The summed E-state index contributed by atoms with van der Waals surface area (Å²) in [5.74, 6) is -3.44. The number of carbonyl (C=O) groups excluding carboxylic acids is 3. The third-order valence-corrected chi connectivity index (χ3v) is 9.84. The molecule has 8 atom stereocenters. The van der Waals surface area contributed by atoms with Crippen molar-refractivity contribution in [1.82, 2.24) is 0 Å². The van der Waals surface area contributed by atoms with Gasteiger partial charge in [0.05, 0.1) is 12.7 Å². The van der Waals surface area contributed by atoms with Crippen LogP contribution in [0.2, 0.25) is 0 Å². The molecule has 0 bridgehead atoms. The summed E-state index contributed by atoms with van der Waals surface area (Å²) in [6.45, 7) is 2.08. The number of carbonyl (C=O) groups is 3. The van der Waals surface area contributed by atoms with Crippen LogP contribution in [-0.2, 0) is 24.0 Å². The Labute approximate surface area is 225 Å². The Balaban J connectivity index is 1.62. The summed E-state index contributed by atoms with van der Waals surface area (Å²) in [4.78, 5) is 52.7. The average molecular weight is 554 g/mol. The summed E-state index contributed by atoms with van der Waals surface area (Å²) in [7, 11) is 0. The summed E-state index contributed by atoms with van der Waals surface area (Å²) < 4.78 is 23.0. The average Bonchev–Trinajstić information content (AvgIpc) is 3.08. The Bertz CT molecular complexity index is 1110. The zero-order valence-corrected chi connectivity index (χ0v) is 22.1. The van der Waals surface area contributed by atoms with E-state index in [0.29, 0.717) is 18.4 Å². The fourth-order valence-electron chi connectivity index (χ4n) is 7.90. The van der Waals surface area contributed by atoms with Crippen molar-refractivity contribution in [2.24, 2.45) is 22.7 Å². The quantitative estimate of drug-likeness (QED) is 0.119. The number of nitrogens with zero attached hydrogens (tertiary/aromatic N) is 1. The fraction of sp³-hybridized carbons (Fsp3) is 0.741. The molecule has 39 heavy (non-hydrogen) atoms. The van der Waals surface area contributed by atoms with E-state index in [-0.39, 0.29) is 50.9 Å². The Morgan fingerprint density at radius 3 is 2.56 bits per heavy atom. The number of fused-ring (bicyclic) bond motifs is 5. The van der Waals surface area contributed by atoms with E-state index in [2.05, 4.69) is 4.84 Å². The Kier molecular flexibility index (Phi) is 7.78. The van der Waals surface area contributed by atoms with Crippen LogP contribution < -0.4 is 0 Å². The number of rotatable bonds is 10. The molecule has 0 spiro atoms. The first-order valence-electron chi connectivity index (χ1n) is 13.4. The second kappa shape index (κ2) is 10.4. The molecule has 4 rings (SSSR count). The summed E-state index contributed by atoms with van der Waals surface area (Å²) in [6.07, 6.45) is 2.11. The van der Waals surface area contributed by atoms with Crippen LogP contribution >= 0.6 is 0 Å². The zero-order valence-electron chi connectivity index (χ0n) is 22.1. The van der Waals surface area contributed by atoms with Crippen molar-refractivity contribution in [3.05, 3.63) is 33.9 Å². The van der Waals surface area contributed by atoms with Gasteiger partial charge in [-0.3, -0.25) is 14.4 Å². The van der Waals surface area contributed by atoms with Gasteiger partial charge < -0.3 is 24.9 Å². The van der Waals surface area contributed by atoms with Crippen molar-refractivity contribution in [2.75, 3.05) is 13.2 Å². The highest BCUT2D eigenvalue weighted by molar-refractivity contribution is 5.94. The maximum absolute atomic E-state index is 17.3. The number of alkyl halides is 1. The molecule has 4 aliphatic carbocycles. The van der Waals surface area contributed by atoms with E-state index in [0.717, 1.165) is 0 Å². The lowest BCUT2D eigenvalue weighted by Gasteiger charge is -2.62. The van der Waals surface area contributed by atoms with Crippen LogP contribution in [-0.4, -0.2) is 74.6 Å². The molecule has 0 aromatic heterocycles. The summed E-state index contributed by atoms with van der Waals surface area (Å²) in [6, 6.07) is 0. The number of esters is 1. The molecule has 0 aromatic rings. The molecule has 3 N–H and O–H groups in total. The van der Waals surface area contributed by atoms with Crippen molar-refractivity contribution < 1.29 is 48.8 Å². The topological polar surface area (TPSA) is 173 Å². The SMILES string of the molecule is C[C@]12C=CC(=O)CC1=CCC1C3C[C@@H](O)[C@](OC(=O)CCCCCO[N+](=O)[O-])(C(=O)CO)[C@@]3(C)C[C@H](O)[C@@]12F. The van der Waals surface area contributed by atoms with Crippen molar-refractivity contribution in [1.29, 1.82) is 0 Å². The molecule has 0 amide bonds. The van der Waals surface area contributed by atoms with Gasteiger partial charge in [0.25, 0.3) is 5.09 Å². The Morgan fingerprint density at radius 2 is 1.90 bits per heavy atom. The normalized spacial score (nSPS) is 40.7. The van der Waals surface area contributed by atoms with Gasteiger partial charge in [0.2, 0.25) is 11.4 Å². The monoisotopic (exact) mass is 553 g/mol. The first kappa shape index (κ1) is 29.3. The predicted molar refractivity (Wildman–Crippen MR) is 132 cm³/mol. The number of hydrogen-bond donors (Lipinski definition) is 3. The van der Waals surface area contributed by atoms with Crippen LogP contribution in [0.25, 0.3) is 0 Å². The number of Topliss-reactive ketones (excluding diaryl/α,β-unsaturated/α-hetero) is 1. The Morgan fingerprint density at radius 1 is 1.18 bits per heavy atom. The Hall–Kier alpha value is -2.70. The van der Waals surface area contributed by atoms with E-state index in [9.17, 15) is 39.8 Å². The molecule has 0 aliphatic heterocycles. The van der Waals surface area contributed by atoms with Crippen LogP contribution in [0.1, 0.15) is 65.2 Å². The highest BCUT2D eigenvalue weighted by Gasteiger charge is 2.77. The van der Waals surface area contributed by atoms with Crippen LogP contribution in [0.15, 0.2) is 23.8 Å². The number of aliphatic hydroxyl groups is 3. The summed E-state index contributed by atoms with van der Waals surface area (Å²) in [5.41, 5.74) is -6.47. The van der Waals surface area contributed by atoms with E-state index >= 15 is 4.39 Å². The number of aliphatic hydroxyl groups excluding tert-OH is 3. The van der Waals surface area contributed by atoms with Crippen molar-refractivity contribution >= 4 is 17.5 Å². The highest BCUT2D eigenvalue weighted by Crippen LogP contribution is 2.69. The van der Waals surface area contributed by atoms with Crippen LogP contribution in [0.4, 0.5) is 4.39 Å². The maximum atomic E-state index is 17.3. The molecule has 12 heteroatoms. The standard InChI is InChI=1S/C27H36FNO10/c1-24-10-9-17(31)12-16(24)7-8-18-19-13-20(32)27(22(34)15-30,25(19,2)14-21(33)26(18,24)28)39-23(35)6-4-3-5-11-38-29(36)37/h7,9-10,18-21,30,32-33H,3-6,8,11-15H2,1-2H3/t18?,19?,20-,21+,24+,25+,26+,27+/m1/s1. The van der Waals surface area contributed by atoms with E-state index < -0.39 is 69.6 Å². The smallest absolute Gasteiger partial charge is 0.306 e. The van der Waals surface area contributed by atoms with Gasteiger partial charge in [0, 0.05) is 29.6 Å². The van der Waals surface area contributed by atoms with Crippen LogP contribution in [0, 0.1) is 32.8 Å². The van der Waals surface area contributed by atoms with Gasteiger partial charge in [0.15, 0.2) is 11.5 Å². The minimum atomic E-state index is -2.20. The second-order valence-corrected chi connectivity index (χ2v) is 11.7. The predicted octanol–water partition coefficient (Wildman–Crippen LogP) is 1.94. The molecule has 216 valence electrons. The summed E-state index contributed by atoms with van der Waals surface area (Å²) >= 11 is 0. The largest absolute Gasteiger partial charge is 0.447 e. The van der Waals surface area contributed by atoms with E-state index in [1.54, 1.807) is 19.9 Å². The molecule has 0 saturated heterocycles. The van der Waals surface area contributed by atoms with E-state index in [1.807, 2.05) is 0 Å². The lowest BCUT2D eigenvalue weighted by Crippen LogP contribution is -2.70. The van der Waals surface area contributed by atoms with E-state index in [4.69, 9.17) is 4.74 Å². The lowest BCUT2D eigenvalue weighted by atomic mass is 9.45. The molecule has 2 unspecified atom stereocenters. The highest BCUT2D eigenvalue weighted by atomic mass is 19.1. The number of allylic oxidation sites excluding steroid dienone is 4. The third-order valence-electron chi connectivity index (χ3n) is 9.84. The van der Waals surface area contributed by atoms with Gasteiger partial charge in [-0.2, -0.15) is 0 Å². The van der Waals surface area contributed by atoms with Gasteiger partial charge in [-0.15, -0.1) is 10.1 Å². The third kappa shape index (κ3) is 4.31. The van der Waals surface area contributed by atoms with E-state index in [1.165, 1.54) is 12.2 Å². The van der Waals surface area contributed by atoms with Crippen molar-refractivity contribution in [2.45, 2.75) is 88.7 Å². The van der Waals surface area contributed by atoms with Gasteiger partial charge in [0.1, 0.15) is 12.7 Å². The molecule has 11 nitrogen and oxygen atoms in total.